The zero-order chi connectivity index (χ0) is 23.9. The Hall–Kier alpha value is -2.94. The van der Waals surface area contributed by atoms with Gasteiger partial charge in [-0.3, -0.25) is 19.2 Å². The van der Waals surface area contributed by atoms with E-state index in [-0.39, 0.29) is 42.0 Å². The molecule has 3 unspecified atom stereocenters. The van der Waals surface area contributed by atoms with E-state index in [9.17, 15) is 19.2 Å². The van der Waals surface area contributed by atoms with Gasteiger partial charge in [-0.25, -0.2) is 0 Å². The maximum Gasteiger partial charge on any atom is 0.251 e. The molecule has 1 aromatic rings. The number of hydrogen-bond donors (Lipinski definition) is 3. The van der Waals surface area contributed by atoms with Crippen LogP contribution in [0.4, 0.5) is 5.69 Å². The summed E-state index contributed by atoms with van der Waals surface area (Å²) in [6, 6.07) is 4.71. The van der Waals surface area contributed by atoms with Gasteiger partial charge in [-0.05, 0) is 62.3 Å². The topological polar surface area (TPSA) is 139 Å². The van der Waals surface area contributed by atoms with E-state index in [1.807, 2.05) is 13.8 Å². The number of anilines is 1. The quantitative estimate of drug-likeness (QED) is 0.539. The number of nitrogens with two attached hydrogens (primary N) is 2. The van der Waals surface area contributed by atoms with Crippen LogP contribution >= 0.6 is 0 Å². The van der Waals surface area contributed by atoms with Crippen LogP contribution in [0.5, 0.6) is 0 Å². The van der Waals surface area contributed by atoms with Crippen LogP contribution in [0.2, 0.25) is 0 Å². The molecule has 3 fully saturated rings. The first-order chi connectivity index (χ1) is 15.6. The largest absolute Gasteiger partial charge is 0.399 e. The maximum absolute atomic E-state index is 13.5. The first-order valence-electron chi connectivity index (χ1n) is 11.7. The van der Waals surface area contributed by atoms with Crippen LogP contribution in [0.3, 0.4) is 0 Å². The molecule has 1 aliphatic carbocycles. The van der Waals surface area contributed by atoms with E-state index < -0.39 is 17.6 Å². The van der Waals surface area contributed by atoms with Crippen molar-refractivity contribution in [2.24, 2.45) is 11.7 Å². The van der Waals surface area contributed by atoms with Gasteiger partial charge in [0.05, 0.1) is 18.1 Å². The molecule has 3 amide bonds. The fourth-order valence-corrected chi connectivity index (χ4v) is 5.17. The molecule has 1 saturated carbocycles. The molecule has 0 bridgehead atoms. The van der Waals surface area contributed by atoms with Gasteiger partial charge in [0.1, 0.15) is 12.1 Å². The summed E-state index contributed by atoms with van der Waals surface area (Å²) in [6.45, 7) is 4.31. The molecule has 2 saturated heterocycles. The number of hydrogen-bond acceptors (Lipinski definition) is 6. The Kier molecular flexibility index (Phi) is 6.18. The van der Waals surface area contributed by atoms with Gasteiger partial charge in [-0.15, -0.1) is 0 Å². The molecule has 33 heavy (non-hydrogen) atoms. The molecule has 2 heterocycles. The maximum atomic E-state index is 13.5. The van der Waals surface area contributed by atoms with Gasteiger partial charge in [0.25, 0.3) is 5.91 Å². The fraction of sp³-hybridized carbons (Fsp3) is 0.583. The second kappa shape index (κ2) is 8.78. The zero-order valence-corrected chi connectivity index (χ0v) is 19.3. The van der Waals surface area contributed by atoms with Crippen LogP contribution in [-0.2, 0) is 14.4 Å². The minimum absolute atomic E-state index is 0.0104. The normalized spacial score (nSPS) is 24.4. The highest BCUT2D eigenvalue weighted by atomic mass is 16.2. The van der Waals surface area contributed by atoms with E-state index in [2.05, 4.69) is 5.32 Å². The first-order valence-corrected chi connectivity index (χ1v) is 11.7. The lowest BCUT2D eigenvalue weighted by atomic mass is 9.76. The molecule has 4 rings (SSSR count). The second-order valence-corrected chi connectivity index (χ2v) is 10.0. The molecule has 2 aliphatic heterocycles. The standard InChI is InChI=1S/C24H33N5O4/c1-14(2)12-17(27-21(31)15-4-6-16(25)7-5-15)22(32)28-11-8-18-20(28)19(30)13-29(18)23(33)24(26)9-3-10-24/h4-7,14,17-18,20H,3,8-13,25-26H2,1-2H3,(H,27,31). The van der Waals surface area contributed by atoms with Crippen molar-refractivity contribution < 1.29 is 19.2 Å². The molecule has 0 aromatic heterocycles. The van der Waals surface area contributed by atoms with Gasteiger partial charge in [-0.2, -0.15) is 0 Å². The number of amides is 3. The van der Waals surface area contributed by atoms with E-state index in [1.54, 1.807) is 34.1 Å². The molecule has 9 nitrogen and oxygen atoms in total. The van der Waals surface area contributed by atoms with E-state index >= 15 is 0 Å². The first kappa shape index (κ1) is 23.2. The highest BCUT2D eigenvalue weighted by Crippen LogP contribution is 2.36. The number of carbonyl (C=O) groups excluding carboxylic acids is 4. The van der Waals surface area contributed by atoms with Gasteiger partial charge < -0.3 is 26.6 Å². The van der Waals surface area contributed by atoms with Crippen molar-refractivity contribution in [1.82, 2.24) is 15.1 Å². The second-order valence-electron chi connectivity index (χ2n) is 10.0. The third-order valence-electron chi connectivity index (χ3n) is 7.12. The molecule has 178 valence electrons. The summed E-state index contributed by atoms with van der Waals surface area (Å²) in [6.07, 6.45) is 3.14. The monoisotopic (exact) mass is 455 g/mol. The molecule has 0 radical (unpaired) electrons. The summed E-state index contributed by atoms with van der Waals surface area (Å²) in [5.74, 6) is -0.824. The van der Waals surface area contributed by atoms with Crippen molar-refractivity contribution in [3.05, 3.63) is 29.8 Å². The van der Waals surface area contributed by atoms with Crippen molar-refractivity contribution in [3.63, 3.8) is 0 Å². The number of nitrogens with one attached hydrogen (secondary N) is 1. The Balaban J connectivity index is 1.50. The number of benzene rings is 1. The van der Waals surface area contributed by atoms with Gasteiger partial charge in [0, 0.05) is 17.8 Å². The Bertz CT molecular complexity index is 956. The number of likely N-dealkylation sites (tertiary alicyclic amines) is 2. The van der Waals surface area contributed by atoms with E-state index in [4.69, 9.17) is 11.5 Å². The van der Waals surface area contributed by atoms with E-state index in [1.165, 1.54) is 0 Å². The van der Waals surface area contributed by atoms with Crippen LogP contribution in [0, 0.1) is 5.92 Å². The predicted octanol–water partition coefficient (Wildman–Crippen LogP) is 0.676. The number of rotatable bonds is 6. The van der Waals surface area contributed by atoms with E-state index in [0.29, 0.717) is 43.5 Å². The number of nitrogen functional groups attached to an aromatic ring is 1. The smallest absolute Gasteiger partial charge is 0.251 e. The van der Waals surface area contributed by atoms with Crippen molar-refractivity contribution in [2.75, 3.05) is 18.8 Å². The Morgan fingerprint density at radius 2 is 1.82 bits per heavy atom. The van der Waals surface area contributed by atoms with Crippen LogP contribution in [0.15, 0.2) is 24.3 Å². The summed E-state index contributed by atoms with van der Waals surface area (Å²) >= 11 is 0. The van der Waals surface area contributed by atoms with Gasteiger partial charge >= 0.3 is 0 Å². The number of nitrogens with zero attached hydrogens (tertiary/aromatic N) is 2. The van der Waals surface area contributed by atoms with Crippen LogP contribution in [-0.4, -0.2) is 70.1 Å². The summed E-state index contributed by atoms with van der Waals surface area (Å²) in [5.41, 5.74) is 12.0. The van der Waals surface area contributed by atoms with Crippen LogP contribution < -0.4 is 16.8 Å². The lowest BCUT2D eigenvalue weighted by Gasteiger charge is -2.40. The Morgan fingerprint density at radius 1 is 1.15 bits per heavy atom. The number of carbonyl (C=O) groups is 4. The zero-order valence-electron chi connectivity index (χ0n) is 19.3. The van der Waals surface area contributed by atoms with Crippen molar-refractivity contribution in [2.45, 2.75) is 69.6 Å². The lowest BCUT2D eigenvalue weighted by molar-refractivity contribution is -0.141. The Labute approximate surface area is 193 Å². The number of Topliss-reactive ketones (excluding diaryl/α,β-unsaturated/α-hetero) is 1. The van der Waals surface area contributed by atoms with Gasteiger partial charge in [0.15, 0.2) is 5.78 Å². The molecule has 3 aliphatic rings. The molecular formula is C24H33N5O4. The summed E-state index contributed by atoms with van der Waals surface area (Å²) in [5, 5.41) is 2.85. The summed E-state index contributed by atoms with van der Waals surface area (Å²) in [4.78, 5) is 55.4. The van der Waals surface area contributed by atoms with Crippen molar-refractivity contribution in [1.29, 1.82) is 0 Å². The number of fused-ring (bicyclic) bond motifs is 1. The van der Waals surface area contributed by atoms with Crippen LogP contribution in [0.1, 0.15) is 56.3 Å². The fourth-order valence-electron chi connectivity index (χ4n) is 5.17. The van der Waals surface area contributed by atoms with Gasteiger partial charge in [-0.1, -0.05) is 13.8 Å². The molecule has 9 heteroatoms. The minimum Gasteiger partial charge on any atom is -0.399 e. The van der Waals surface area contributed by atoms with Crippen molar-refractivity contribution >= 4 is 29.2 Å². The van der Waals surface area contributed by atoms with Crippen molar-refractivity contribution in [3.8, 4) is 0 Å². The highest BCUT2D eigenvalue weighted by Gasteiger charge is 2.55. The highest BCUT2D eigenvalue weighted by molar-refractivity contribution is 6.02. The lowest BCUT2D eigenvalue weighted by Crippen LogP contribution is -2.60. The number of ketones is 1. The molecule has 1 aromatic carbocycles. The SMILES string of the molecule is CC(C)CC(NC(=O)c1ccc(N)cc1)C(=O)N1CCC2C1C(=O)CN2C(=O)C1(N)CCC1. The third-order valence-corrected chi connectivity index (χ3v) is 7.12. The van der Waals surface area contributed by atoms with E-state index in [0.717, 1.165) is 6.42 Å². The molecule has 3 atom stereocenters. The Morgan fingerprint density at radius 3 is 2.39 bits per heavy atom. The summed E-state index contributed by atoms with van der Waals surface area (Å²) < 4.78 is 0. The molecule has 5 N–H and O–H groups in total. The average molecular weight is 456 g/mol. The third kappa shape index (κ3) is 4.34. The van der Waals surface area contributed by atoms with Crippen LogP contribution in [0.25, 0.3) is 0 Å². The molecule has 0 spiro atoms. The molecular weight excluding hydrogens is 422 g/mol. The van der Waals surface area contributed by atoms with Gasteiger partial charge in [0.2, 0.25) is 11.8 Å². The average Bonchev–Trinajstić information content (AvgIpc) is 3.32. The predicted molar refractivity (Wildman–Crippen MR) is 123 cm³/mol. The minimum atomic E-state index is -0.875. The summed E-state index contributed by atoms with van der Waals surface area (Å²) in [7, 11) is 0.